The predicted octanol–water partition coefficient (Wildman–Crippen LogP) is 3.49. The van der Waals surface area contributed by atoms with Crippen molar-refractivity contribution in [3.05, 3.63) is 64.2 Å². The van der Waals surface area contributed by atoms with Crippen LogP contribution in [0.2, 0.25) is 0 Å². The van der Waals surface area contributed by atoms with Gasteiger partial charge < -0.3 is 9.84 Å². The van der Waals surface area contributed by atoms with Gasteiger partial charge in [-0.05, 0) is 61.1 Å². The van der Waals surface area contributed by atoms with Gasteiger partial charge in [-0.15, -0.1) is 0 Å². The van der Waals surface area contributed by atoms with Gasteiger partial charge in [0, 0.05) is 0 Å². The molecule has 104 valence electrons. The van der Waals surface area contributed by atoms with Gasteiger partial charge in [-0.25, -0.2) is 0 Å². The lowest BCUT2D eigenvalue weighted by Gasteiger charge is -2.27. The molecule has 0 saturated heterocycles. The fraction of sp³-hybridized carbons (Fsp3) is 0.333. The molecule has 1 N–H and O–H groups in total. The van der Waals surface area contributed by atoms with Crippen molar-refractivity contribution in [3.8, 4) is 5.75 Å². The maximum absolute atomic E-state index is 11.3. The van der Waals surface area contributed by atoms with Crippen LogP contribution in [0.4, 0.5) is 0 Å². The van der Waals surface area contributed by atoms with Crippen LogP contribution < -0.4 is 4.74 Å². The molecule has 0 aromatic heterocycles. The Hall–Kier alpha value is -1.80. The number of methoxy groups -OCH3 is 1. The lowest BCUT2D eigenvalue weighted by atomic mass is 9.84. The zero-order valence-electron chi connectivity index (χ0n) is 12.2. The standard InChI is InChI=1S/C18H20O2/c1-12-4-5-13(2)16(10-12)18(19)9-8-14-6-7-15(20-3)11-17(14)18/h4-7,10-11,19H,8-9H2,1-3H3. The quantitative estimate of drug-likeness (QED) is 0.903. The Morgan fingerprint density at radius 1 is 1.05 bits per heavy atom. The summed E-state index contributed by atoms with van der Waals surface area (Å²) in [5, 5.41) is 11.3. The summed E-state index contributed by atoms with van der Waals surface area (Å²) < 4.78 is 5.31. The molecule has 2 nitrogen and oxygen atoms in total. The Bertz CT molecular complexity index is 660. The Morgan fingerprint density at radius 3 is 2.60 bits per heavy atom. The lowest BCUT2D eigenvalue weighted by Crippen LogP contribution is -2.25. The van der Waals surface area contributed by atoms with Crippen LogP contribution in [0.5, 0.6) is 5.75 Å². The highest BCUT2D eigenvalue weighted by Crippen LogP contribution is 2.44. The van der Waals surface area contributed by atoms with Crippen molar-refractivity contribution >= 4 is 0 Å². The maximum Gasteiger partial charge on any atom is 0.119 e. The third-order valence-electron chi connectivity index (χ3n) is 4.36. The second-order valence-electron chi connectivity index (χ2n) is 5.70. The summed E-state index contributed by atoms with van der Waals surface area (Å²) in [5.41, 5.74) is 4.65. The topological polar surface area (TPSA) is 29.5 Å². The monoisotopic (exact) mass is 268 g/mol. The zero-order chi connectivity index (χ0) is 14.3. The first-order chi connectivity index (χ1) is 9.54. The number of hydrogen-bond donors (Lipinski definition) is 1. The van der Waals surface area contributed by atoms with E-state index in [1.54, 1.807) is 7.11 Å². The molecule has 0 aliphatic heterocycles. The largest absolute Gasteiger partial charge is 0.497 e. The second kappa shape index (κ2) is 4.64. The molecule has 2 heteroatoms. The van der Waals surface area contributed by atoms with E-state index in [4.69, 9.17) is 4.74 Å². The molecule has 1 aliphatic rings. The molecule has 3 rings (SSSR count). The summed E-state index contributed by atoms with van der Waals surface area (Å²) in [6.45, 7) is 4.12. The second-order valence-corrected chi connectivity index (χ2v) is 5.70. The molecule has 2 aromatic carbocycles. The van der Waals surface area contributed by atoms with Crippen LogP contribution in [-0.4, -0.2) is 12.2 Å². The molecule has 1 atom stereocenters. The molecule has 0 fully saturated rings. The van der Waals surface area contributed by atoms with Gasteiger partial charge in [0.2, 0.25) is 0 Å². The van der Waals surface area contributed by atoms with E-state index in [2.05, 4.69) is 38.1 Å². The van der Waals surface area contributed by atoms with Crippen LogP contribution in [-0.2, 0) is 12.0 Å². The van der Waals surface area contributed by atoms with Crippen LogP contribution in [0.15, 0.2) is 36.4 Å². The molecule has 1 aliphatic carbocycles. The van der Waals surface area contributed by atoms with Crippen LogP contribution in [0, 0.1) is 13.8 Å². The minimum atomic E-state index is -0.889. The highest BCUT2D eigenvalue weighted by Gasteiger charge is 2.39. The number of benzene rings is 2. The SMILES string of the molecule is COc1ccc2c(c1)C(O)(c1cc(C)ccc1C)CC2. The average Bonchev–Trinajstić information content (AvgIpc) is 2.79. The number of fused-ring (bicyclic) bond motifs is 1. The zero-order valence-corrected chi connectivity index (χ0v) is 12.2. The number of hydrogen-bond acceptors (Lipinski definition) is 2. The van der Waals surface area contributed by atoms with Gasteiger partial charge in [-0.2, -0.15) is 0 Å². The molecule has 0 spiro atoms. The van der Waals surface area contributed by atoms with E-state index in [1.807, 2.05) is 12.1 Å². The molecule has 0 bridgehead atoms. The fourth-order valence-electron chi connectivity index (χ4n) is 3.20. The molecular formula is C18H20O2. The minimum Gasteiger partial charge on any atom is -0.497 e. The van der Waals surface area contributed by atoms with Crippen LogP contribution in [0.3, 0.4) is 0 Å². The third kappa shape index (κ3) is 1.92. The highest BCUT2D eigenvalue weighted by molar-refractivity contribution is 5.51. The Morgan fingerprint density at radius 2 is 1.85 bits per heavy atom. The average molecular weight is 268 g/mol. The number of rotatable bonds is 2. The van der Waals surface area contributed by atoms with E-state index >= 15 is 0 Å². The minimum absolute atomic E-state index is 0.736. The van der Waals surface area contributed by atoms with Crippen molar-refractivity contribution < 1.29 is 9.84 Å². The lowest BCUT2D eigenvalue weighted by molar-refractivity contribution is 0.0820. The molecule has 1 unspecified atom stereocenters. The molecule has 20 heavy (non-hydrogen) atoms. The van der Waals surface area contributed by atoms with E-state index in [0.29, 0.717) is 0 Å². The summed E-state index contributed by atoms with van der Waals surface area (Å²) in [4.78, 5) is 0. The van der Waals surface area contributed by atoms with Crippen molar-refractivity contribution in [2.24, 2.45) is 0 Å². The smallest absolute Gasteiger partial charge is 0.119 e. The van der Waals surface area contributed by atoms with Crippen LogP contribution in [0.25, 0.3) is 0 Å². The molecular weight excluding hydrogens is 248 g/mol. The first kappa shape index (κ1) is 13.2. The van der Waals surface area contributed by atoms with Crippen molar-refractivity contribution in [2.75, 3.05) is 7.11 Å². The molecule has 0 amide bonds. The normalized spacial score (nSPS) is 20.8. The first-order valence-electron chi connectivity index (χ1n) is 7.02. The summed E-state index contributed by atoms with van der Waals surface area (Å²) in [6, 6.07) is 12.3. The Kier molecular flexibility index (Phi) is 3.06. The van der Waals surface area contributed by atoms with Crippen LogP contribution in [0.1, 0.15) is 34.2 Å². The predicted molar refractivity (Wildman–Crippen MR) is 80.2 cm³/mol. The van der Waals surface area contributed by atoms with Gasteiger partial charge in [-0.3, -0.25) is 0 Å². The van der Waals surface area contributed by atoms with Gasteiger partial charge in [0.1, 0.15) is 11.4 Å². The van der Waals surface area contributed by atoms with E-state index in [0.717, 1.165) is 35.3 Å². The van der Waals surface area contributed by atoms with Gasteiger partial charge in [0.15, 0.2) is 0 Å². The summed E-state index contributed by atoms with van der Waals surface area (Å²) in [5.74, 6) is 0.800. The number of aliphatic hydroxyl groups is 1. The molecule has 0 saturated carbocycles. The van der Waals surface area contributed by atoms with Crippen LogP contribution >= 0.6 is 0 Å². The van der Waals surface area contributed by atoms with Crippen molar-refractivity contribution in [1.29, 1.82) is 0 Å². The number of aryl methyl sites for hydroxylation is 3. The summed E-state index contributed by atoms with van der Waals surface area (Å²) >= 11 is 0. The van der Waals surface area contributed by atoms with Gasteiger partial charge in [0.25, 0.3) is 0 Å². The van der Waals surface area contributed by atoms with Gasteiger partial charge in [-0.1, -0.05) is 29.8 Å². The Balaban J connectivity index is 2.18. The third-order valence-corrected chi connectivity index (χ3v) is 4.36. The molecule has 2 aromatic rings. The summed E-state index contributed by atoms with van der Waals surface area (Å²) in [7, 11) is 1.66. The van der Waals surface area contributed by atoms with Gasteiger partial charge >= 0.3 is 0 Å². The maximum atomic E-state index is 11.3. The molecule has 0 radical (unpaired) electrons. The fourth-order valence-corrected chi connectivity index (χ4v) is 3.20. The summed E-state index contributed by atoms with van der Waals surface area (Å²) in [6.07, 6.45) is 1.64. The van der Waals surface area contributed by atoms with Crippen molar-refractivity contribution in [2.45, 2.75) is 32.3 Å². The van der Waals surface area contributed by atoms with Crippen molar-refractivity contribution in [3.63, 3.8) is 0 Å². The Labute approximate surface area is 120 Å². The highest BCUT2D eigenvalue weighted by atomic mass is 16.5. The van der Waals surface area contributed by atoms with E-state index in [1.165, 1.54) is 11.1 Å². The molecule has 0 heterocycles. The van der Waals surface area contributed by atoms with E-state index < -0.39 is 5.60 Å². The van der Waals surface area contributed by atoms with Gasteiger partial charge in [0.05, 0.1) is 7.11 Å². The number of ether oxygens (including phenoxy) is 1. The van der Waals surface area contributed by atoms with Crippen molar-refractivity contribution in [1.82, 2.24) is 0 Å². The first-order valence-corrected chi connectivity index (χ1v) is 7.02. The van der Waals surface area contributed by atoms with E-state index in [-0.39, 0.29) is 0 Å². The van der Waals surface area contributed by atoms with E-state index in [9.17, 15) is 5.11 Å².